The molecule has 1 aromatic rings. The van der Waals surface area contributed by atoms with Gasteiger partial charge in [0.2, 0.25) is 5.91 Å². The largest absolute Gasteiger partial charge is 0.397 e. The quantitative estimate of drug-likeness (QED) is 0.590. The van der Waals surface area contributed by atoms with E-state index in [9.17, 15) is 4.79 Å². The average molecular weight is 301 g/mol. The first-order valence-corrected chi connectivity index (χ1v) is 7.98. The summed E-state index contributed by atoms with van der Waals surface area (Å²) in [4.78, 5) is 11.8. The fourth-order valence-electron chi connectivity index (χ4n) is 1.42. The third-order valence-electron chi connectivity index (χ3n) is 2.86. The summed E-state index contributed by atoms with van der Waals surface area (Å²) in [5.74, 6) is 2.61. The van der Waals surface area contributed by atoms with Gasteiger partial charge >= 0.3 is 0 Å². The van der Waals surface area contributed by atoms with Crippen LogP contribution in [0.3, 0.4) is 0 Å². The third-order valence-corrected chi connectivity index (χ3v) is 4.39. The van der Waals surface area contributed by atoms with Gasteiger partial charge in [0, 0.05) is 17.2 Å². The number of nitrogens with two attached hydrogens (primary N) is 1. The highest BCUT2D eigenvalue weighted by Crippen LogP contribution is 2.23. The van der Waals surface area contributed by atoms with Crippen molar-refractivity contribution in [2.45, 2.75) is 26.7 Å². The number of hydrogen-bond donors (Lipinski definition) is 2. The number of carbonyl (C=O) groups excluding carboxylic acids is 1. The minimum Gasteiger partial charge on any atom is -0.397 e. The van der Waals surface area contributed by atoms with Gasteiger partial charge in [-0.05, 0) is 29.9 Å². The zero-order valence-corrected chi connectivity index (χ0v) is 13.0. The minimum atomic E-state index is -0.0226. The molecular formula is C14H21ClN2OS. The second kappa shape index (κ2) is 8.33. The van der Waals surface area contributed by atoms with Crippen LogP contribution in [-0.2, 0) is 4.79 Å². The minimum absolute atomic E-state index is 0.0226. The van der Waals surface area contributed by atoms with Crippen LogP contribution in [0.15, 0.2) is 18.2 Å². The Morgan fingerprint density at radius 1 is 1.53 bits per heavy atom. The maximum atomic E-state index is 11.8. The number of carbonyl (C=O) groups is 1. The van der Waals surface area contributed by atoms with Crippen LogP contribution in [0, 0.1) is 5.92 Å². The molecule has 0 fully saturated rings. The lowest BCUT2D eigenvalue weighted by Gasteiger charge is -2.09. The van der Waals surface area contributed by atoms with Gasteiger partial charge in [0.1, 0.15) is 0 Å². The van der Waals surface area contributed by atoms with Crippen molar-refractivity contribution in [2.24, 2.45) is 5.92 Å². The van der Waals surface area contributed by atoms with Crippen LogP contribution in [0.5, 0.6) is 0 Å². The van der Waals surface area contributed by atoms with Gasteiger partial charge in [-0.1, -0.05) is 31.9 Å². The molecule has 0 saturated carbocycles. The standard InChI is InChI=1S/C14H21ClN2OS/c1-3-10(2)9-19-7-6-14(18)17-13-8-11(15)4-5-12(13)16/h4-5,8,10H,3,6-7,9,16H2,1-2H3,(H,17,18). The molecule has 0 saturated heterocycles. The molecule has 1 amide bonds. The Kier molecular flexibility index (Phi) is 7.10. The number of halogens is 1. The SMILES string of the molecule is CCC(C)CSCCC(=O)Nc1cc(Cl)ccc1N. The molecule has 0 heterocycles. The van der Waals surface area contributed by atoms with Crippen molar-refractivity contribution in [1.29, 1.82) is 0 Å². The van der Waals surface area contributed by atoms with E-state index >= 15 is 0 Å². The van der Waals surface area contributed by atoms with Crippen LogP contribution < -0.4 is 11.1 Å². The highest BCUT2D eigenvalue weighted by Gasteiger charge is 2.06. The molecule has 0 aliphatic carbocycles. The normalized spacial score (nSPS) is 12.2. The van der Waals surface area contributed by atoms with Crippen LogP contribution in [0.2, 0.25) is 5.02 Å². The fourth-order valence-corrected chi connectivity index (χ4v) is 2.72. The number of nitrogens with one attached hydrogen (secondary N) is 1. The number of thioether (sulfide) groups is 1. The summed E-state index contributed by atoms with van der Waals surface area (Å²) in [5.41, 5.74) is 6.89. The van der Waals surface area contributed by atoms with E-state index < -0.39 is 0 Å². The molecule has 0 aliphatic heterocycles. The van der Waals surface area contributed by atoms with Crippen molar-refractivity contribution in [3.8, 4) is 0 Å². The lowest BCUT2D eigenvalue weighted by atomic mass is 10.2. The first-order chi connectivity index (χ1) is 9.02. The Morgan fingerprint density at radius 2 is 2.26 bits per heavy atom. The van der Waals surface area contributed by atoms with Gasteiger partial charge in [-0.3, -0.25) is 4.79 Å². The van der Waals surface area contributed by atoms with E-state index in [0.29, 0.717) is 28.7 Å². The summed E-state index contributed by atoms with van der Waals surface area (Å²) >= 11 is 7.68. The molecule has 106 valence electrons. The average Bonchev–Trinajstić information content (AvgIpc) is 2.38. The molecule has 0 radical (unpaired) electrons. The van der Waals surface area contributed by atoms with Gasteiger partial charge < -0.3 is 11.1 Å². The summed E-state index contributed by atoms with van der Waals surface area (Å²) in [6.45, 7) is 4.40. The fraction of sp³-hybridized carbons (Fsp3) is 0.500. The van der Waals surface area contributed by atoms with Crippen LogP contribution >= 0.6 is 23.4 Å². The molecule has 5 heteroatoms. The van der Waals surface area contributed by atoms with E-state index in [1.165, 1.54) is 6.42 Å². The summed E-state index contributed by atoms with van der Waals surface area (Å²) in [6, 6.07) is 5.06. The van der Waals surface area contributed by atoms with Crippen LogP contribution in [0.25, 0.3) is 0 Å². The highest BCUT2D eigenvalue weighted by atomic mass is 35.5. The summed E-state index contributed by atoms with van der Waals surface area (Å²) < 4.78 is 0. The maximum Gasteiger partial charge on any atom is 0.225 e. The molecule has 1 atom stereocenters. The predicted octanol–water partition coefficient (Wildman–Crippen LogP) is 4.03. The van der Waals surface area contributed by atoms with Crippen molar-refractivity contribution in [3.63, 3.8) is 0 Å². The third kappa shape index (κ3) is 6.21. The molecule has 0 aromatic heterocycles. The van der Waals surface area contributed by atoms with Crippen LogP contribution in [0.4, 0.5) is 11.4 Å². The van der Waals surface area contributed by atoms with Crippen molar-refractivity contribution in [2.75, 3.05) is 22.6 Å². The number of nitrogen functional groups attached to an aromatic ring is 1. The molecule has 1 rings (SSSR count). The first-order valence-electron chi connectivity index (χ1n) is 6.45. The zero-order chi connectivity index (χ0) is 14.3. The smallest absolute Gasteiger partial charge is 0.225 e. The molecule has 0 spiro atoms. The van der Waals surface area contributed by atoms with Crippen molar-refractivity contribution in [3.05, 3.63) is 23.2 Å². The Balaban J connectivity index is 2.33. The van der Waals surface area contributed by atoms with Crippen LogP contribution in [-0.4, -0.2) is 17.4 Å². The highest BCUT2D eigenvalue weighted by molar-refractivity contribution is 7.99. The summed E-state index contributed by atoms with van der Waals surface area (Å²) in [5, 5.41) is 3.36. The molecule has 3 nitrogen and oxygen atoms in total. The number of benzene rings is 1. The van der Waals surface area contributed by atoms with E-state index in [1.54, 1.807) is 18.2 Å². The van der Waals surface area contributed by atoms with E-state index in [2.05, 4.69) is 19.2 Å². The summed E-state index contributed by atoms with van der Waals surface area (Å²) in [6.07, 6.45) is 1.67. The number of rotatable bonds is 7. The van der Waals surface area contributed by atoms with E-state index in [-0.39, 0.29) is 5.91 Å². The maximum absolute atomic E-state index is 11.8. The molecule has 19 heavy (non-hydrogen) atoms. The van der Waals surface area contributed by atoms with Gasteiger partial charge in [-0.2, -0.15) is 11.8 Å². The number of anilines is 2. The lowest BCUT2D eigenvalue weighted by Crippen LogP contribution is -2.13. The Labute approximate surface area is 124 Å². The van der Waals surface area contributed by atoms with Crippen molar-refractivity contribution < 1.29 is 4.79 Å². The Hall–Kier alpha value is -0.870. The van der Waals surface area contributed by atoms with Gasteiger partial charge in [0.15, 0.2) is 0 Å². The first kappa shape index (κ1) is 16.2. The topological polar surface area (TPSA) is 55.1 Å². The monoisotopic (exact) mass is 300 g/mol. The van der Waals surface area contributed by atoms with Gasteiger partial charge in [-0.15, -0.1) is 0 Å². The van der Waals surface area contributed by atoms with Gasteiger partial charge in [-0.25, -0.2) is 0 Å². The molecule has 1 aromatic carbocycles. The molecule has 3 N–H and O–H groups in total. The zero-order valence-electron chi connectivity index (χ0n) is 11.4. The lowest BCUT2D eigenvalue weighted by molar-refractivity contribution is -0.115. The second-order valence-corrected chi connectivity index (χ2v) is 6.20. The van der Waals surface area contributed by atoms with Crippen molar-refractivity contribution in [1.82, 2.24) is 0 Å². The van der Waals surface area contributed by atoms with Gasteiger partial charge in [0.25, 0.3) is 0 Å². The summed E-state index contributed by atoms with van der Waals surface area (Å²) in [7, 11) is 0. The number of amides is 1. The molecule has 0 aliphatic rings. The Morgan fingerprint density at radius 3 is 2.95 bits per heavy atom. The second-order valence-electron chi connectivity index (χ2n) is 4.62. The molecule has 1 unspecified atom stereocenters. The van der Waals surface area contributed by atoms with Crippen molar-refractivity contribution >= 4 is 40.6 Å². The van der Waals surface area contributed by atoms with E-state index in [4.69, 9.17) is 17.3 Å². The van der Waals surface area contributed by atoms with E-state index in [1.807, 2.05) is 11.8 Å². The Bertz CT molecular complexity index is 426. The molecule has 0 bridgehead atoms. The van der Waals surface area contributed by atoms with E-state index in [0.717, 1.165) is 11.5 Å². The van der Waals surface area contributed by atoms with Crippen LogP contribution in [0.1, 0.15) is 26.7 Å². The molecular weight excluding hydrogens is 280 g/mol. The predicted molar refractivity (Wildman–Crippen MR) is 85.9 cm³/mol. The van der Waals surface area contributed by atoms with Gasteiger partial charge in [0.05, 0.1) is 11.4 Å². The number of hydrogen-bond acceptors (Lipinski definition) is 3.